The van der Waals surface area contributed by atoms with Gasteiger partial charge in [0, 0.05) is 42.3 Å². The van der Waals surface area contributed by atoms with Crippen LogP contribution >= 0.6 is 0 Å². The molecule has 2 aliphatic rings. The van der Waals surface area contributed by atoms with E-state index in [0.29, 0.717) is 19.4 Å². The topological polar surface area (TPSA) is 177 Å². The van der Waals surface area contributed by atoms with E-state index in [4.69, 9.17) is 19.9 Å². The van der Waals surface area contributed by atoms with Crippen LogP contribution in [0.4, 0.5) is 4.79 Å². The van der Waals surface area contributed by atoms with Crippen LogP contribution in [0.1, 0.15) is 80.2 Å². The van der Waals surface area contributed by atoms with Gasteiger partial charge in [0.25, 0.3) is 6.47 Å². The molecule has 3 heterocycles. The van der Waals surface area contributed by atoms with Crippen LogP contribution in [0.3, 0.4) is 0 Å². The molecule has 0 bridgehead atoms. The third kappa shape index (κ3) is 13.2. The van der Waals surface area contributed by atoms with E-state index in [1.54, 1.807) is 26.2 Å². The Kier molecular flexibility index (Phi) is 20.0. The minimum Gasteiger partial charge on any atom is -0.465 e. The van der Waals surface area contributed by atoms with Crippen molar-refractivity contribution in [1.29, 1.82) is 0 Å². The first kappa shape index (κ1) is 42.6. The number of nitrogens with zero attached hydrogens (tertiary/aromatic N) is 2. The largest absolute Gasteiger partial charge is 0.465 e. The molecule has 270 valence electrons. The van der Waals surface area contributed by atoms with Gasteiger partial charge in [0.1, 0.15) is 30.2 Å². The molecule has 2 saturated heterocycles. The van der Waals surface area contributed by atoms with Crippen molar-refractivity contribution in [2.24, 2.45) is 29.4 Å². The fourth-order valence-electron chi connectivity index (χ4n) is 5.43. The lowest BCUT2D eigenvalue weighted by molar-refractivity contribution is -0.155. The van der Waals surface area contributed by atoms with Gasteiger partial charge in [-0.2, -0.15) is 0 Å². The molecule has 0 saturated carbocycles. The first-order chi connectivity index (χ1) is 23.6. The van der Waals surface area contributed by atoms with Crippen LogP contribution in [0.25, 0.3) is 17.5 Å². The van der Waals surface area contributed by atoms with Crippen molar-refractivity contribution >= 4 is 36.2 Å². The average molecular weight is 683 g/mol. The zero-order valence-corrected chi connectivity index (χ0v) is 30.1. The molecule has 2 aliphatic heterocycles. The monoisotopic (exact) mass is 682 g/mol. The normalized spacial score (nSPS) is 25.6. The number of aromatic nitrogens is 2. The molecular formula is C37H54N4O8. The van der Waals surface area contributed by atoms with Crippen molar-refractivity contribution < 1.29 is 38.2 Å². The summed E-state index contributed by atoms with van der Waals surface area (Å²) >= 11 is 0. The number of nitrogens with one attached hydrogen (secondary N) is 1. The number of carbonyl (C=O) groups excluding carboxylic acids is 5. The van der Waals surface area contributed by atoms with Crippen molar-refractivity contribution in [1.82, 2.24) is 15.3 Å². The van der Waals surface area contributed by atoms with Gasteiger partial charge in [-0.05, 0) is 37.8 Å². The van der Waals surface area contributed by atoms with Crippen molar-refractivity contribution in [3.05, 3.63) is 54.4 Å². The zero-order valence-electron chi connectivity index (χ0n) is 30.1. The summed E-state index contributed by atoms with van der Waals surface area (Å²) in [6, 6.07) is 9.21. The number of cyclic esters (lactones) is 1. The fraction of sp³-hybridized carbons (Fsp3) is 0.541. The third-order valence-electron chi connectivity index (χ3n) is 8.07. The first-order valence-electron chi connectivity index (χ1n) is 17.1. The summed E-state index contributed by atoms with van der Waals surface area (Å²) in [6.07, 6.45) is 6.24. The lowest BCUT2D eigenvalue weighted by Crippen LogP contribution is -2.46. The second-order valence-electron chi connectivity index (χ2n) is 11.2. The molecule has 0 aliphatic carbocycles. The maximum absolute atomic E-state index is 13.1. The first-order valence-corrected chi connectivity index (χ1v) is 17.1. The summed E-state index contributed by atoms with van der Waals surface area (Å²) in [4.78, 5) is 69.1. The number of alkyl carbamates (subject to hydrolysis) is 1. The van der Waals surface area contributed by atoms with Crippen molar-refractivity contribution in [3.63, 3.8) is 0 Å². The molecule has 4 unspecified atom stereocenters. The number of benzene rings is 1. The molecule has 0 spiro atoms. The van der Waals surface area contributed by atoms with E-state index in [9.17, 15) is 24.0 Å². The van der Waals surface area contributed by atoms with Gasteiger partial charge < -0.3 is 25.3 Å². The number of esters is 1. The van der Waals surface area contributed by atoms with E-state index >= 15 is 0 Å². The number of hydrogen-bond donors (Lipinski definition) is 2. The number of Topliss-reactive ketones (excluding diaryl/α,β-unsaturated/α-hetero) is 2. The highest BCUT2D eigenvalue weighted by Gasteiger charge is 2.43. The molecule has 2 fully saturated rings. The Morgan fingerprint density at radius 2 is 1.59 bits per heavy atom. The Morgan fingerprint density at radius 1 is 0.959 bits per heavy atom. The molecule has 2 aromatic rings. The minimum atomic E-state index is -1.01. The van der Waals surface area contributed by atoms with Crippen LogP contribution in [0, 0.1) is 23.7 Å². The molecule has 3 N–H and O–H groups in total. The van der Waals surface area contributed by atoms with Crippen molar-refractivity contribution in [2.75, 3.05) is 13.2 Å². The Morgan fingerprint density at radius 3 is 2.16 bits per heavy atom. The Hall–Kier alpha value is -4.45. The Balaban J connectivity index is 0.000000504. The molecule has 12 nitrogen and oxygen atoms in total. The van der Waals surface area contributed by atoms with E-state index < -0.39 is 54.0 Å². The van der Waals surface area contributed by atoms with Gasteiger partial charge in [0.2, 0.25) is 0 Å². The lowest BCUT2D eigenvalue weighted by Gasteiger charge is -2.29. The molecule has 49 heavy (non-hydrogen) atoms. The highest BCUT2D eigenvalue weighted by atomic mass is 16.6. The quantitative estimate of drug-likeness (QED) is 0.168. The second-order valence-corrected chi connectivity index (χ2v) is 11.2. The fourth-order valence-corrected chi connectivity index (χ4v) is 5.43. The van der Waals surface area contributed by atoms with E-state index in [1.165, 1.54) is 6.92 Å². The van der Waals surface area contributed by atoms with Gasteiger partial charge in [-0.15, -0.1) is 0 Å². The minimum absolute atomic E-state index is 0.108. The number of nitrogens with two attached hydrogens (primary N) is 1. The van der Waals surface area contributed by atoms with Crippen LogP contribution in [0.2, 0.25) is 0 Å². The Bertz CT molecular complexity index is 1340. The van der Waals surface area contributed by atoms with Gasteiger partial charge in [0.05, 0.1) is 6.04 Å². The SMILES string of the molecule is CC.CC.CC[C@@H]1CC(OC=O)C[C@@H](C)C(=O)C(C)C(=O)OCC2OC(=O)NC2[C@H](C)C1=O.NC/C=C/c1ccc(-c2ncccn2)cc1. The van der Waals surface area contributed by atoms with E-state index in [0.717, 1.165) is 17.0 Å². The molecular weight excluding hydrogens is 628 g/mol. The zero-order chi connectivity index (χ0) is 36.9. The van der Waals surface area contributed by atoms with Gasteiger partial charge in [0.15, 0.2) is 11.9 Å². The molecule has 1 amide bonds. The number of ether oxygens (including phenoxy) is 3. The molecule has 1 aromatic heterocycles. The number of carbonyl (C=O) groups is 5. The lowest BCUT2D eigenvalue weighted by atomic mass is 9.81. The number of fused-ring (bicyclic) bond motifs is 1. The van der Waals surface area contributed by atoms with Gasteiger partial charge >= 0.3 is 12.1 Å². The van der Waals surface area contributed by atoms with Crippen LogP contribution in [-0.4, -0.2) is 71.5 Å². The van der Waals surface area contributed by atoms with Crippen LogP contribution in [0.15, 0.2) is 48.8 Å². The van der Waals surface area contributed by atoms with E-state index in [1.807, 2.05) is 77.1 Å². The molecule has 4 rings (SSSR count). The van der Waals surface area contributed by atoms with Crippen molar-refractivity contribution in [2.45, 2.75) is 92.9 Å². The van der Waals surface area contributed by atoms with E-state index in [-0.39, 0.29) is 31.0 Å². The Labute approximate surface area is 290 Å². The summed E-state index contributed by atoms with van der Waals surface area (Å²) in [5.74, 6) is -3.00. The highest BCUT2D eigenvalue weighted by molar-refractivity contribution is 5.99. The van der Waals surface area contributed by atoms with Crippen molar-refractivity contribution in [3.8, 4) is 11.4 Å². The molecule has 1 aromatic carbocycles. The summed E-state index contributed by atoms with van der Waals surface area (Å²) < 4.78 is 15.5. The second kappa shape index (κ2) is 23.0. The van der Waals surface area contributed by atoms with Crippen LogP contribution in [-0.2, 0) is 33.4 Å². The maximum atomic E-state index is 13.1. The maximum Gasteiger partial charge on any atom is 0.407 e. The van der Waals surface area contributed by atoms with Crippen LogP contribution in [0.5, 0.6) is 0 Å². The standard InChI is InChI=1S/C20H29NO8.C13H13N3.2C2H6/c1-5-13-7-14(28-9-22)6-10(2)17(23)12(4)19(25)27-8-15-16(11(3)18(13)24)21-20(26)29-15;14-8-1-3-11-4-6-12(7-5-11)13-15-9-2-10-16-13;2*1-2/h9-16H,5-8H2,1-4H3,(H,21,26);1-7,9-10H,8,14H2;2*1-2H3/b;3-1+;;/t10-,11+,12?,13-,14?,15?,16?;;;/m1.../s1. The predicted molar refractivity (Wildman–Crippen MR) is 188 cm³/mol. The average Bonchev–Trinajstić information content (AvgIpc) is 3.52. The van der Waals surface area contributed by atoms with Gasteiger partial charge in [-0.3, -0.25) is 19.2 Å². The molecule has 7 atom stereocenters. The summed E-state index contributed by atoms with van der Waals surface area (Å²) in [5.41, 5.74) is 7.54. The number of ketones is 2. The smallest absolute Gasteiger partial charge is 0.407 e. The highest BCUT2D eigenvalue weighted by Crippen LogP contribution is 2.28. The van der Waals surface area contributed by atoms with E-state index in [2.05, 4.69) is 15.3 Å². The number of hydrogen-bond acceptors (Lipinski definition) is 11. The molecule has 12 heteroatoms. The summed E-state index contributed by atoms with van der Waals surface area (Å²) in [7, 11) is 0. The number of amides is 1. The summed E-state index contributed by atoms with van der Waals surface area (Å²) in [6.45, 7) is 15.3. The van der Waals surface area contributed by atoms with Crippen LogP contribution < -0.4 is 11.1 Å². The third-order valence-corrected chi connectivity index (χ3v) is 8.07. The number of rotatable bonds is 6. The van der Waals surface area contributed by atoms with Gasteiger partial charge in [-0.1, -0.05) is 84.9 Å². The summed E-state index contributed by atoms with van der Waals surface area (Å²) in [5, 5.41) is 2.61. The van der Waals surface area contributed by atoms with Gasteiger partial charge in [-0.25, -0.2) is 14.8 Å². The predicted octanol–water partition coefficient (Wildman–Crippen LogP) is 5.58. The molecule has 0 radical (unpaired) electrons.